The van der Waals surface area contributed by atoms with Crippen molar-refractivity contribution in [1.29, 1.82) is 0 Å². The normalized spacial score (nSPS) is 22.1. The smallest absolute Gasteiger partial charge is 0.287 e. The molecular weight excluding hydrogens is 266 g/mol. The van der Waals surface area contributed by atoms with Crippen LogP contribution in [0.5, 0.6) is 0 Å². The molecule has 0 saturated heterocycles. The second-order valence-corrected chi connectivity index (χ2v) is 5.90. The number of furan rings is 1. The highest BCUT2D eigenvalue weighted by Crippen LogP contribution is 2.23. The van der Waals surface area contributed by atoms with Crippen LogP contribution in [0, 0.1) is 5.92 Å². The number of rotatable bonds is 4. The summed E-state index contributed by atoms with van der Waals surface area (Å²) in [6.07, 6.45) is 8.09. The molecule has 2 aromatic heterocycles. The van der Waals surface area contributed by atoms with Gasteiger partial charge < -0.3 is 9.73 Å². The Balaban J connectivity index is 1.56. The Labute approximate surface area is 124 Å². The molecule has 2 aromatic rings. The van der Waals surface area contributed by atoms with Crippen molar-refractivity contribution in [2.24, 2.45) is 5.92 Å². The molecule has 0 aromatic carbocycles. The predicted molar refractivity (Wildman–Crippen MR) is 78.9 cm³/mol. The van der Waals surface area contributed by atoms with Crippen LogP contribution in [0.1, 0.15) is 48.9 Å². The van der Waals surface area contributed by atoms with Gasteiger partial charge in [0.2, 0.25) is 0 Å². The second-order valence-electron chi connectivity index (χ2n) is 5.90. The summed E-state index contributed by atoms with van der Waals surface area (Å²) in [4.78, 5) is 12.2. The minimum Gasteiger partial charge on any atom is -0.454 e. The molecule has 112 valence electrons. The predicted octanol–water partition coefficient (Wildman–Crippen LogP) is 2.83. The van der Waals surface area contributed by atoms with E-state index in [1.165, 1.54) is 12.8 Å². The van der Waals surface area contributed by atoms with Crippen LogP contribution in [0.25, 0.3) is 0 Å². The van der Waals surface area contributed by atoms with Crippen LogP contribution in [0.4, 0.5) is 0 Å². The van der Waals surface area contributed by atoms with Crippen molar-refractivity contribution in [2.75, 3.05) is 0 Å². The molecule has 1 fully saturated rings. The Morgan fingerprint density at radius 2 is 2.19 bits per heavy atom. The van der Waals surface area contributed by atoms with Gasteiger partial charge in [0, 0.05) is 18.4 Å². The van der Waals surface area contributed by atoms with Crippen molar-refractivity contribution in [2.45, 2.75) is 45.2 Å². The van der Waals surface area contributed by atoms with Crippen LogP contribution in [0.15, 0.2) is 35.0 Å². The molecule has 5 heteroatoms. The molecule has 1 aliphatic rings. The Kier molecular flexibility index (Phi) is 4.08. The van der Waals surface area contributed by atoms with Gasteiger partial charge in [0.15, 0.2) is 5.76 Å². The molecule has 0 aliphatic heterocycles. The average molecular weight is 287 g/mol. The van der Waals surface area contributed by atoms with Gasteiger partial charge in [-0.1, -0.05) is 6.92 Å². The number of carbonyl (C=O) groups is 1. The molecule has 0 unspecified atom stereocenters. The minimum atomic E-state index is -0.110. The summed E-state index contributed by atoms with van der Waals surface area (Å²) in [5.74, 6) is 1.79. The van der Waals surface area contributed by atoms with E-state index in [9.17, 15) is 4.79 Å². The molecule has 3 rings (SSSR count). The standard InChI is InChI=1S/C16H21N3O2/c1-12-3-5-13(6-4-12)18-16(20)15-8-7-14(21-15)11-19-10-2-9-17-19/h2,7-10,12-13H,3-6,11H2,1H3,(H,18,20). The van der Waals surface area contributed by atoms with E-state index in [0.717, 1.165) is 24.5 Å². The number of hydrogen-bond donors (Lipinski definition) is 1. The summed E-state index contributed by atoms with van der Waals surface area (Å²) in [6, 6.07) is 5.72. The van der Waals surface area contributed by atoms with Crippen molar-refractivity contribution in [3.05, 3.63) is 42.1 Å². The number of nitrogens with one attached hydrogen (secondary N) is 1. The van der Waals surface area contributed by atoms with Gasteiger partial charge in [0.1, 0.15) is 5.76 Å². The third kappa shape index (κ3) is 3.54. The quantitative estimate of drug-likeness (QED) is 0.940. The number of nitrogens with zero attached hydrogens (tertiary/aromatic N) is 2. The summed E-state index contributed by atoms with van der Waals surface area (Å²) in [5, 5.41) is 7.20. The highest BCUT2D eigenvalue weighted by molar-refractivity contribution is 5.91. The fourth-order valence-corrected chi connectivity index (χ4v) is 2.80. The van der Waals surface area contributed by atoms with E-state index in [4.69, 9.17) is 4.42 Å². The summed E-state index contributed by atoms with van der Waals surface area (Å²) in [7, 11) is 0. The van der Waals surface area contributed by atoms with E-state index >= 15 is 0 Å². The maximum absolute atomic E-state index is 12.2. The van der Waals surface area contributed by atoms with Crippen molar-refractivity contribution in [1.82, 2.24) is 15.1 Å². The third-order valence-corrected chi connectivity index (χ3v) is 4.11. The largest absolute Gasteiger partial charge is 0.454 e. The zero-order valence-electron chi connectivity index (χ0n) is 12.3. The highest BCUT2D eigenvalue weighted by atomic mass is 16.4. The summed E-state index contributed by atoms with van der Waals surface area (Å²) >= 11 is 0. The van der Waals surface area contributed by atoms with Gasteiger partial charge in [-0.2, -0.15) is 5.10 Å². The molecule has 5 nitrogen and oxygen atoms in total. The highest BCUT2D eigenvalue weighted by Gasteiger charge is 2.21. The lowest BCUT2D eigenvalue weighted by atomic mass is 9.87. The minimum absolute atomic E-state index is 0.110. The lowest BCUT2D eigenvalue weighted by molar-refractivity contribution is 0.0892. The van der Waals surface area contributed by atoms with Gasteiger partial charge in [0.05, 0.1) is 6.54 Å². The molecule has 0 bridgehead atoms. The Morgan fingerprint density at radius 3 is 2.90 bits per heavy atom. The first kappa shape index (κ1) is 13.9. The van der Waals surface area contributed by atoms with Gasteiger partial charge in [-0.05, 0) is 49.8 Å². The average Bonchev–Trinajstić information content (AvgIpc) is 3.13. The van der Waals surface area contributed by atoms with Crippen molar-refractivity contribution < 1.29 is 9.21 Å². The van der Waals surface area contributed by atoms with E-state index in [2.05, 4.69) is 17.3 Å². The summed E-state index contributed by atoms with van der Waals surface area (Å²) < 4.78 is 7.38. The van der Waals surface area contributed by atoms with E-state index in [1.54, 1.807) is 16.9 Å². The van der Waals surface area contributed by atoms with E-state index in [1.807, 2.05) is 18.3 Å². The number of aromatic nitrogens is 2. The first-order chi connectivity index (χ1) is 10.2. The topological polar surface area (TPSA) is 60.1 Å². The lowest BCUT2D eigenvalue weighted by Gasteiger charge is -2.26. The van der Waals surface area contributed by atoms with Gasteiger partial charge >= 0.3 is 0 Å². The zero-order valence-corrected chi connectivity index (χ0v) is 12.3. The van der Waals surface area contributed by atoms with Crippen molar-refractivity contribution >= 4 is 5.91 Å². The SMILES string of the molecule is CC1CCC(NC(=O)c2ccc(Cn3cccn3)o2)CC1. The molecule has 0 spiro atoms. The van der Waals surface area contributed by atoms with Crippen LogP contribution in [0.3, 0.4) is 0 Å². The second kappa shape index (κ2) is 6.16. The lowest BCUT2D eigenvalue weighted by Crippen LogP contribution is -2.37. The molecule has 0 radical (unpaired) electrons. The molecule has 1 N–H and O–H groups in total. The summed E-state index contributed by atoms with van der Waals surface area (Å²) in [5.41, 5.74) is 0. The van der Waals surface area contributed by atoms with Crippen LogP contribution >= 0.6 is 0 Å². The Morgan fingerprint density at radius 1 is 1.38 bits per heavy atom. The first-order valence-electron chi connectivity index (χ1n) is 7.57. The van der Waals surface area contributed by atoms with Gasteiger partial charge in [-0.3, -0.25) is 9.48 Å². The van der Waals surface area contributed by atoms with Crippen LogP contribution in [-0.2, 0) is 6.54 Å². The molecule has 2 heterocycles. The maximum atomic E-state index is 12.2. The molecule has 21 heavy (non-hydrogen) atoms. The number of carbonyl (C=O) groups excluding carboxylic acids is 1. The monoisotopic (exact) mass is 287 g/mol. The number of hydrogen-bond acceptors (Lipinski definition) is 3. The third-order valence-electron chi connectivity index (χ3n) is 4.11. The molecule has 1 saturated carbocycles. The van der Waals surface area contributed by atoms with Crippen LogP contribution in [0.2, 0.25) is 0 Å². The Bertz CT molecular complexity index is 580. The van der Waals surface area contributed by atoms with Crippen LogP contribution in [-0.4, -0.2) is 21.7 Å². The van der Waals surface area contributed by atoms with Gasteiger partial charge in [-0.25, -0.2) is 0 Å². The number of amides is 1. The van der Waals surface area contributed by atoms with Gasteiger partial charge in [-0.15, -0.1) is 0 Å². The van der Waals surface area contributed by atoms with E-state index in [0.29, 0.717) is 12.3 Å². The first-order valence-corrected chi connectivity index (χ1v) is 7.57. The van der Waals surface area contributed by atoms with Crippen LogP contribution < -0.4 is 5.32 Å². The van der Waals surface area contributed by atoms with Gasteiger partial charge in [0.25, 0.3) is 5.91 Å². The maximum Gasteiger partial charge on any atom is 0.287 e. The fraction of sp³-hybridized carbons (Fsp3) is 0.500. The van der Waals surface area contributed by atoms with Crippen molar-refractivity contribution in [3.63, 3.8) is 0 Å². The summed E-state index contributed by atoms with van der Waals surface area (Å²) in [6.45, 7) is 2.81. The van der Waals surface area contributed by atoms with Crippen molar-refractivity contribution in [3.8, 4) is 0 Å². The fourth-order valence-electron chi connectivity index (χ4n) is 2.80. The molecule has 0 atom stereocenters. The molecule has 1 amide bonds. The molecule has 1 aliphatic carbocycles. The molecular formula is C16H21N3O2. The zero-order chi connectivity index (χ0) is 14.7. The Hall–Kier alpha value is -2.04. The van der Waals surface area contributed by atoms with E-state index in [-0.39, 0.29) is 11.9 Å². The van der Waals surface area contributed by atoms with E-state index < -0.39 is 0 Å².